The number of hydrogen-bond acceptors (Lipinski definition) is 7. The maximum Gasteiger partial charge on any atom is 0.236 e. The third-order valence-electron chi connectivity index (χ3n) is 4.53. The van der Waals surface area contributed by atoms with Gasteiger partial charge in [0.1, 0.15) is 21.9 Å². The molecular weight excluding hydrogens is 382 g/mol. The minimum absolute atomic E-state index is 0.701. The van der Waals surface area contributed by atoms with Crippen molar-refractivity contribution in [2.24, 2.45) is 0 Å². The van der Waals surface area contributed by atoms with Crippen LogP contribution in [0.15, 0.2) is 33.2 Å². The number of thiophene rings is 2. The second kappa shape index (κ2) is 6.79. The molecule has 4 nitrogen and oxygen atoms in total. The highest BCUT2D eigenvalue weighted by Crippen LogP contribution is 2.40. The Morgan fingerprint density at radius 3 is 3.00 bits per heavy atom. The Bertz CT molecular complexity index is 1070. The summed E-state index contributed by atoms with van der Waals surface area (Å²) in [5, 5.41) is 4.41. The molecule has 4 aromatic heterocycles. The van der Waals surface area contributed by atoms with Crippen LogP contribution in [0.2, 0.25) is 0 Å². The molecule has 1 aliphatic carbocycles. The number of nitrogens with zero attached hydrogens (tertiary/aromatic N) is 3. The van der Waals surface area contributed by atoms with E-state index in [-0.39, 0.29) is 0 Å². The summed E-state index contributed by atoms with van der Waals surface area (Å²) in [7, 11) is 0. The number of thioether (sulfide) groups is 1. The van der Waals surface area contributed by atoms with Crippen molar-refractivity contribution >= 4 is 44.7 Å². The van der Waals surface area contributed by atoms with Gasteiger partial charge in [-0.3, -0.25) is 0 Å². The Morgan fingerprint density at radius 2 is 2.12 bits per heavy atom. The van der Waals surface area contributed by atoms with E-state index in [0.717, 1.165) is 38.4 Å². The van der Waals surface area contributed by atoms with Crippen LogP contribution < -0.4 is 0 Å². The predicted molar refractivity (Wildman–Crippen MR) is 108 cm³/mol. The smallest absolute Gasteiger partial charge is 0.236 e. The van der Waals surface area contributed by atoms with Gasteiger partial charge in [-0.1, -0.05) is 17.8 Å². The van der Waals surface area contributed by atoms with E-state index in [1.807, 2.05) is 35.8 Å². The molecule has 1 aliphatic rings. The molecule has 0 amide bonds. The van der Waals surface area contributed by atoms with Gasteiger partial charge < -0.3 is 4.42 Å². The van der Waals surface area contributed by atoms with E-state index in [4.69, 9.17) is 14.4 Å². The van der Waals surface area contributed by atoms with Crippen molar-refractivity contribution < 1.29 is 4.42 Å². The number of aromatic nitrogens is 3. The highest BCUT2D eigenvalue weighted by molar-refractivity contribution is 7.98. The summed E-state index contributed by atoms with van der Waals surface area (Å²) in [6, 6.07) is 4.04. The summed E-state index contributed by atoms with van der Waals surface area (Å²) in [6.45, 7) is 1.98. The van der Waals surface area contributed by atoms with Crippen molar-refractivity contribution in [1.82, 2.24) is 15.0 Å². The SMILES string of the molecule is Cc1nc(SCc2coc(-c3cccs3)n2)c2c3c(sc2n1)CCCC3. The van der Waals surface area contributed by atoms with Crippen molar-refractivity contribution in [3.05, 3.63) is 45.7 Å². The zero-order valence-electron chi connectivity index (χ0n) is 14.3. The molecule has 0 bridgehead atoms. The molecule has 5 rings (SSSR count). The third-order valence-corrected chi connectivity index (χ3v) is 7.59. The van der Waals surface area contributed by atoms with Crippen LogP contribution in [0.4, 0.5) is 0 Å². The van der Waals surface area contributed by atoms with Crippen molar-refractivity contribution in [3.8, 4) is 10.8 Å². The predicted octanol–water partition coefficient (Wildman–Crippen LogP) is 5.89. The topological polar surface area (TPSA) is 51.8 Å². The quantitative estimate of drug-likeness (QED) is 0.316. The second-order valence-electron chi connectivity index (χ2n) is 6.38. The van der Waals surface area contributed by atoms with Crippen molar-refractivity contribution in [3.63, 3.8) is 0 Å². The Labute approximate surface area is 163 Å². The van der Waals surface area contributed by atoms with Crippen LogP contribution in [-0.4, -0.2) is 15.0 Å². The van der Waals surface area contributed by atoms with Crippen LogP contribution in [0.5, 0.6) is 0 Å². The lowest BCUT2D eigenvalue weighted by Crippen LogP contribution is -1.99. The third kappa shape index (κ3) is 2.98. The van der Waals surface area contributed by atoms with Crippen molar-refractivity contribution in [2.45, 2.75) is 43.4 Å². The normalized spacial score (nSPS) is 14.0. The molecule has 0 radical (unpaired) electrons. The first-order chi connectivity index (χ1) is 12.8. The maximum atomic E-state index is 5.64. The van der Waals surface area contributed by atoms with E-state index in [9.17, 15) is 0 Å². The van der Waals surface area contributed by atoms with Gasteiger partial charge >= 0.3 is 0 Å². The molecule has 132 valence electrons. The number of hydrogen-bond donors (Lipinski definition) is 0. The van der Waals surface area contributed by atoms with Crippen LogP contribution in [0.3, 0.4) is 0 Å². The molecule has 0 saturated carbocycles. The Hall–Kier alpha value is -1.70. The molecule has 0 atom stereocenters. The summed E-state index contributed by atoms with van der Waals surface area (Å²) in [4.78, 5) is 17.8. The summed E-state index contributed by atoms with van der Waals surface area (Å²) >= 11 is 5.24. The lowest BCUT2D eigenvalue weighted by atomic mass is 9.97. The van der Waals surface area contributed by atoms with Gasteiger partial charge in [0.05, 0.1) is 10.6 Å². The Morgan fingerprint density at radius 1 is 1.19 bits per heavy atom. The molecule has 0 N–H and O–H groups in total. The molecule has 26 heavy (non-hydrogen) atoms. The number of oxazole rings is 1. The number of rotatable bonds is 4. The summed E-state index contributed by atoms with van der Waals surface area (Å²) in [6.07, 6.45) is 6.66. The second-order valence-corrected chi connectivity index (χ2v) is 9.37. The largest absolute Gasteiger partial charge is 0.444 e. The first-order valence-electron chi connectivity index (χ1n) is 8.68. The molecule has 0 aliphatic heterocycles. The molecule has 0 aromatic carbocycles. The molecule has 0 fully saturated rings. The van der Waals surface area contributed by atoms with Gasteiger partial charge in [-0.25, -0.2) is 15.0 Å². The fourth-order valence-corrected chi connectivity index (χ4v) is 6.36. The van der Waals surface area contributed by atoms with Crippen LogP contribution >= 0.6 is 34.4 Å². The number of fused-ring (bicyclic) bond motifs is 3. The van der Waals surface area contributed by atoms with E-state index in [2.05, 4.69) is 4.98 Å². The van der Waals surface area contributed by atoms with E-state index in [1.165, 1.54) is 35.1 Å². The summed E-state index contributed by atoms with van der Waals surface area (Å²) < 4.78 is 5.64. The van der Waals surface area contributed by atoms with Crippen molar-refractivity contribution in [1.29, 1.82) is 0 Å². The summed E-state index contributed by atoms with van der Waals surface area (Å²) in [5.41, 5.74) is 2.44. The van der Waals surface area contributed by atoms with Gasteiger partial charge in [-0.05, 0) is 49.6 Å². The zero-order valence-corrected chi connectivity index (χ0v) is 16.8. The van der Waals surface area contributed by atoms with Crippen molar-refractivity contribution in [2.75, 3.05) is 0 Å². The lowest BCUT2D eigenvalue weighted by molar-refractivity contribution is 0.575. The van der Waals surface area contributed by atoms with E-state index >= 15 is 0 Å². The van der Waals surface area contributed by atoms with Gasteiger partial charge in [-0.15, -0.1) is 22.7 Å². The van der Waals surface area contributed by atoms with Crippen LogP contribution in [-0.2, 0) is 18.6 Å². The fraction of sp³-hybridized carbons (Fsp3) is 0.316. The van der Waals surface area contributed by atoms with Gasteiger partial charge in [-0.2, -0.15) is 0 Å². The molecule has 4 aromatic rings. The van der Waals surface area contributed by atoms with Crippen LogP contribution in [0.25, 0.3) is 21.0 Å². The minimum atomic E-state index is 0.701. The first kappa shape index (κ1) is 16.5. The highest BCUT2D eigenvalue weighted by Gasteiger charge is 2.21. The first-order valence-corrected chi connectivity index (χ1v) is 11.4. The van der Waals surface area contributed by atoms with Gasteiger partial charge in [0, 0.05) is 16.0 Å². The molecule has 0 saturated heterocycles. The monoisotopic (exact) mass is 399 g/mol. The fourth-order valence-electron chi connectivity index (χ4n) is 3.36. The maximum absolute atomic E-state index is 5.64. The minimum Gasteiger partial charge on any atom is -0.444 e. The summed E-state index contributed by atoms with van der Waals surface area (Å²) in [5.74, 6) is 2.30. The van der Waals surface area contributed by atoms with Gasteiger partial charge in [0.25, 0.3) is 0 Å². The van der Waals surface area contributed by atoms with Gasteiger partial charge in [0.2, 0.25) is 5.89 Å². The standard InChI is InChI=1S/C19H17N3OS3/c1-11-20-18(16-13-5-2-3-6-14(13)26-19(16)21-11)25-10-12-9-23-17(22-12)15-7-4-8-24-15/h4,7-9H,2-3,5-6,10H2,1H3. The van der Waals surface area contributed by atoms with Crippen LogP contribution in [0, 0.1) is 6.92 Å². The Balaban J connectivity index is 1.45. The van der Waals surface area contributed by atoms with E-state index in [1.54, 1.807) is 29.4 Å². The van der Waals surface area contributed by atoms with Crippen LogP contribution in [0.1, 0.15) is 34.8 Å². The molecule has 0 spiro atoms. The average Bonchev–Trinajstić information content (AvgIpc) is 3.37. The average molecular weight is 400 g/mol. The Kier molecular flexibility index (Phi) is 4.30. The molecular formula is C19H17N3OS3. The molecule has 0 unspecified atom stereocenters. The van der Waals surface area contributed by atoms with Gasteiger partial charge in [0.15, 0.2) is 0 Å². The van der Waals surface area contributed by atoms with E-state index < -0.39 is 0 Å². The zero-order chi connectivity index (χ0) is 17.5. The number of aryl methyl sites for hydroxylation is 3. The molecule has 7 heteroatoms. The van der Waals surface area contributed by atoms with E-state index in [0.29, 0.717) is 5.89 Å². The lowest BCUT2D eigenvalue weighted by Gasteiger charge is -2.11. The molecule has 4 heterocycles. The highest BCUT2D eigenvalue weighted by atomic mass is 32.2.